The van der Waals surface area contributed by atoms with Gasteiger partial charge in [-0.3, -0.25) is 0 Å². The molecule has 4 nitrogen and oxygen atoms in total. The topological polar surface area (TPSA) is 61.0 Å². The average Bonchev–Trinajstić information content (AvgIpc) is 2.84. The molecule has 0 radical (unpaired) electrons. The van der Waals surface area contributed by atoms with E-state index in [-0.39, 0.29) is 0 Å². The number of nitrogens with two attached hydrogens (primary N) is 1. The third-order valence-electron chi connectivity index (χ3n) is 2.64. The van der Waals surface area contributed by atoms with Crippen LogP contribution in [0.25, 0.3) is 0 Å². The van der Waals surface area contributed by atoms with Gasteiger partial charge in [0.1, 0.15) is 15.8 Å². The van der Waals surface area contributed by atoms with E-state index in [0.717, 1.165) is 40.6 Å². The van der Waals surface area contributed by atoms with Gasteiger partial charge in [-0.05, 0) is 19.0 Å². The second-order valence-corrected chi connectivity index (χ2v) is 5.12. The van der Waals surface area contributed by atoms with Crippen molar-refractivity contribution < 1.29 is 4.74 Å². The molecule has 0 bridgehead atoms. The zero-order chi connectivity index (χ0) is 12.8. The number of nitrogens with zero attached hydrogens (tertiary/aromatic N) is 2. The van der Waals surface area contributed by atoms with Crippen molar-refractivity contribution >= 4 is 11.3 Å². The molecule has 0 saturated heterocycles. The fraction of sp³-hybridized carbons (Fsp3) is 0.385. The summed E-state index contributed by atoms with van der Waals surface area (Å²) in [6.07, 6.45) is 2.65. The lowest BCUT2D eigenvalue weighted by Crippen LogP contribution is -1.99. The van der Waals surface area contributed by atoms with Gasteiger partial charge in [-0.15, -0.1) is 21.5 Å². The predicted octanol–water partition coefficient (Wildman–Crippen LogP) is 2.03. The van der Waals surface area contributed by atoms with Gasteiger partial charge in [-0.1, -0.05) is 18.2 Å². The lowest BCUT2D eigenvalue weighted by molar-refractivity contribution is 0.410. The molecule has 0 aliphatic heterocycles. The lowest BCUT2D eigenvalue weighted by Gasteiger charge is -2.05. The van der Waals surface area contributed by atoms with Crippen LogP contribution in [0, 0.1) is 0 Å². The smallest absolute Gasteiger partial charge is 0.122 e. The Labute approximate surface area is 111 Å². The summed E-state index contributed by atoms with van der Waals surface area (Å²) in [5.74, 6) is 0.899. The van der Waals surface area contributed by atoms with Crippen molar-refractivity contribution in [2.75, 3.05) is 13.7 Å². The normalized spacial score (nSPS) is 10.6. The van der Waals surface area contributed by atoms with Crippen LogP contribution in [0.2, 0.25) is 0 Å². The third kappa shape index (κ3) is 3.27. The van der Waals surface area contributed by atoms with Gasteiger partial charge >= 0.3 is 0 Å². The van der Waals surface area contributed by atoms with E-state index in [4.69, 9.17) is 10.5 Å². The van der Waals surface area contributed by atoms with Crippen molar-refractivity contribution in [1.29, 1.82) is 0 Å². The number of rotatable bonds is 6. The number of para-hydroxylation sites is 1. The van der Waals surface area contributed by atoms with E-state index in [0.29, 0.717) is 6.54 Å². The minimum atomic E-state index is 0.696. The standard InChI is InChI=1S/C13H17N3OS/c1-17-11-6-3-2-5-10(11)9-13-16-15-12(18-13)7-4-8-14/h2-3,5-6H,4,7-9,14H2,1H3. The molecule has 1 aromatic carbocycles. The van der Waals surface area contributed by atoms with Crippen molar-refractivity contribution in [2.24, 2.45) is 5.73 Å². The second kappa shape index (κ2) is 6.47. The Morgan fingerprint density at radius 3 is 2.78 bits per heavy atom. The van der Waals surface area contributed by atoms with Gasteiger partial charge in [-0.2, -0.15) is 0 Å². The maximum absolute atomic E-state index is 5.48. The average molecular weight is 263 g/mol. The van der Waals surface area contributed by atoms with Crippen LogP contribution in [0.5, 0.6) is 5.75 Å². The number of aryl methyl sites for hydroxylation is 1. The highest BCUT2D eigenvalue weighted by Crippen LogP contribution is 2.22. The molecule has 0 aliphatic rings. The van der Waals surface area contributed by atoms with Gasteiger partial charge in [0, 0.05) is 18.4 Å². The molecular formula is C13H17N3OS. The third-order valence-corrected chi connectivity index (χ3v) is 3.62. The number of aromatic nitrogens is 2. The first-order valence-corrected chi connectivity index (χ1v) is 6.78. The minimum absolute atomic E-state index is 0.696. The van der Waals surface area contributed by atoms with Gasteiger partial charge in [0.25, 0.3) is 0 Å². The van der Waals surface area contributed by atoms with Crippen molar-refractivity contribution in [1.82, 2.24) is 10.2 Å². The van der Waals surface area contributed by atoms with Gasteiger partial charge < -0.3 is 10.5 Å². The number of hydrogen-bond acceptors (Lipinski definition) is 5. The number of hydrogen-bond donors (Lipinski definition) is 1. The van der Waals surface area contributed by atoms with E-state index in [2.05, 4.69) is 16.3 Å². The number of benzene rings is 1. The fourth-order valence-electron chi connectivity index (χ4n) is 1.73. The molecule has 1 aromatic heterocycles. The van der Waals surface area contributed by atoms with E-state index in [9.17, 15) is 0 Å². The Balaban J connectivity index is 2.06. The van der Waals surface area contributed by atoms with E-state index < -0.39 is 0 Å². The molecule has 2 N–H and O–H groups in total. The monoisotopic (exact) mass is 263 g/mol. The van der Waals surface area contributed by atoms with E-state index in [1.807, 2.05) is 18.2 Å². The molecular weight excluding hydrogens is 246 g/mol. The Bertz CT molecular complexity index is 498. The Kier molecular flexibility index (Phi) is 4.66. The van der Waals surface area contributed by atoms with Crippen LogP contribution in [0.3, 0.4) is 0 Å². The molecule has 18 heavy (non-hydrogen) atoms. The van der Waals surface area contributed by atoms with Crippen LogP contribution in [-0.2, 0) is 12.8 Å². The summed E-state index contributed by atoms with van der Waals surface area (Å²) in [5.41, 5.74) is 6.62. The van der Waals surface area contributed by atoms with Crippen molar-refractivity contribution in [2.45, 2.75) is 19.3 Å². The Morgan fingerprint density at radius 2 is 2.00 bits per heavy atom. The molecule has 2 aromatic rings. The van der Waals surface area contributed by atoms with Crippen molar-refractivity contribution in [3.8, 4) is 5.75 Å². The van der Waals surface area contributed by atoms with Gasteiger partial charge in [0.15, 0.2) is 0 Å². The zero-order valence-corrected chi connectivity index (χ0v) is 11.2. The molecule has 0 unspecified atom stereocenters. The van der Waals surface area contributed by atoms with E-state index in [1.54, 1.807) is 18.4 Å². The maximum atomic E-state index is 5.48. The second-order valence-electron chi connectivity index (χ2n) is 3.97. The molecule has 0 saturated carbocycles. The van der Waals surface area contributed by atoms with E-state index >= 15 is 0 Å². The van der Waals surface area contributed by atoms with E-state index in [1.165, 1.54) is 0 Å². The first-order valence-electron chi connectivity index (χ1n) is 5.96. The maximum Gasteiger partial charge on any atom is 0.122 e. The SMILES string of the molecule is COc1ccccc1Cc1nnc(CCCN)s1. The van der Waals surface area contributed by atoms with Crippen molar-refractivity contribution in [3.63, 3.8) is 0 Å². The van der Waals surface area contributed by atoms with Gasteiger partial charge in [0.2, 0.25) is 0 Å². The molecule has 96 valence electrons. The fourth-order valence-corrected chi connectivity index (χ4v) is 2.64. The molecule has 1 heterocycles. The quantitative estimate of drug-likeness (QED) is 0.866. The summed E-state index contributed by atoms with van der Waals surface area (Å²) in [5, 5.41) is 10.5. The molecule has 5 heteroatoms. The summed E-state index contributed by atoms with van der Waals surface area (Å²) in [6, 6.07) is 7.99. The summed E-state index contributed by atoms with van der Waals surface area (Å²) in [6.45, 7) is 0.696. The van der Waals surface area contributed by atoms with Gasteiger partial charge in [-0.25, -0.2) is 0 Å². The first-order chi connectivity index (χ1) is 8.83. The van der Waals surface area contributed by atoms with Gasteiger partial charge in [0.05, 0.1) is 7.11 Å². The summed E-state index contributed by atoms with van der Waals surface area (Å²) in [7, 11) is 1.69. The zero-order valence-electron chi connectivity index (χ0n) is 10.4. The summed E-state index contributed by atoms with van der Waals surface area (Å²) in [4.78, 5) is 0. The van der Waals surface area contributed by atoms with Crippen LogP contribution in [0.4, 0.5) is 0 Å². The first kappa shape index (κ1) is 13.0. The summed E-state index contributed by atoms with van der Waals surface area (Å²) < 4.78 is 5.33. The van der Waals surface area contributed by atoms with Crippen LogP contribution in [0.15, 0.2) is 24.3 Å². The predicted molar refractivity (Wildman–Crippen MR) is 73.1 cm³/mol. The van der Waals surface area contributed by atoms with Crippen LogP contribution < -0.4 is 10.5 Å². The highest BCUT2D eigenvalue weighted by atomic mass is 32.1. The lowest BCUT2D eigenvalue weighted by atomic mass is 10.1. The molecule has 0 fully saturated rings. The molecule has 2 rings (SSSR count). The molecule has 0 spiro atoms. The van der Waals surface area contributed by atoms with Crippen molar-refractivity contribution in [3.05, 3.63) is 39.8 Å². The van der Waals surface area contributed by atoms with Crippen LogP contribution in [0.1, 0.15) is 22.0 Å². The Morgan fingerprint density at radius 1 is 1.22 bits per heavy atom. The van der Waals surface area contributed by atoms with Crippen LogP contribution in [-0.4, -0.2) is 23.9 Å². The number of ether oxygens (including phenoxy) is 1. The van der Waals surface area contributed by atoms with Crippen LogP contribution >= 0.6 is 11.3 Å². The summed E-state index contributed by atoms with van der Waals surface area (Å²) >= 11 is 1.65. The highest BCUT2D eigenvalue weighted by Gasteiger charge is 2.08. The largest absolute Gasteiger partial charge is 0.496 e. The minimum Gasteiger partial charge on any atom is -0.496 e. The molecule has 0 atom stereocenters. The molecule has 0 aliphatic carbocycles. The highest BCUT2D eigenvalue weighted by molar-refractivity contribution is 7.11. The Hall–Kier alpha value is -1.46. The molecule has 0 amide bonds. The number of methoxy groups -OCH3 is 1.